The number of methoxy groups -OCH3 is 2. The van der Waals surface area contributed by atoms with E-state index in [0.29, 0.717) is 16.7 Å². The van der Waals surface area contributed by atoms with Gasteiger partial charge in [-0.2, -0.15) is 4.98 Å². The van der Waals surface area contributed by atoms with Gasteiger partial charge in [0, 0.05) is 49.2 Å². The lowest BCUT2D eigenvalue weighted by molar-refractivity contribution is -0.163. The molecular formula is C40H42FN7O9. The van der Waals surface area contributed by atoms with Gasteiger partial charge in [0.05, 0.1) is 25.0 Å². The van der Waals surface area contributed by atoms with Gasteiger partial charge in [0.25, 0.3) is 11.9 Å². The van der Waals surface area contributed by atoms with E-state index in [4.69, 9.17) is 33.8 Å². The molecule has 1 unspecified atom stereocenters. The number of carbonyl (C=O) groups is 3. The van der Waals surface area contributed by atoms with E-state index in [-0.39, 0.29) is 66.9 Å². The van der Waals surface area contributed by atoms with Gasteiger partial charge in [-0.15, -0.1) is 9.78 Å². The maximum absolute atomic E-state index is 16.6. The fraction of sp³-hybridized carbons (Fsp3) is 0.300. The Morgan fingerprint density at radius 1 is 0.912 bits per heavy atom. The van der Waals surface area contributed by atoms with Crippen LogP contribution in [0.1, 0.15) is 59.6 Å². The number of ether oxygens (including phenoxy) is 6. The Labute approximate surface area is 327 Å². The highest BCUT2D eigenvalue weighted by Gasteiger charge is 2.31. The third-order valence-electron chi connectivity index (χ3n) is 8.34. The van der Waals surface area contributed by atoms with Gasteiger partial charge in [-0.1, -0.05) is 42.5 Å². The lowest BCUT2D eigenvalue weighted by atomic mass is 9.90. The van der Waals surface area contributed by atoms with Crippen LogP contribution in [-0.2, 0) is 30.2 Å². The van der Waals surface area contributed by atoms with Gasteiger partial charge in [-0.05, 0) is 50.1 Å². The second-order valence-electron chi connectivity index (χ2n) is 13.1. The summed E-state index contributed by atoms with van der Waals surface area (Å²) in [5.41, 5.74) is 0.622. The van der Waals surface area contributed by atoms with Crippen molar-refractivity contribution >= 4 is 23.7 Å². The van der Waals surface area contributed by atoms with E-state index in [0.717, 1.165) is 0 Å². The molecule has 2 aromatic heterocycles. The van der Waals surface area contributed by atoms with Crippen molar-refractivity contribution in [3.8, 4) is 23.5 Å². The normalized spacial score (nSPS) is 11.6. The smallest absolute Gasteiger partial charge is 0.325 e. The van der Waals surface area contributed by atoms with Gasteiger partial charge >= 0.3 is 17.9 Å². The summed E-state index contributed by atoms with van der Waals surface area (Å²) >= 11 is 0. The summed E-state index contributed by atoms with van der Waals surface area (Å²) < 4.78 is 50.3. The van der Waals surface area contributed by atoms with Gasteiger partial charge in [0.2, 0.25) is 6.79 Å². The second kappa shape index (κ2) is 19.2. The molecule has 5 rings (SSSR count). The molecule has 0 fully saturated rings. The van der Waals surface area contributed by atoms with E-state index in [1.54, 1.807) is 74.5 Å². The number of benzene rings is 3. The number of hydrogen-bond donors (Lipinski definition) is 2. The first-order chi connectivity index (χ1) is 27.4. The van der Waals surface area contributed by atoms with E-state index in [1.807, 2.05) is 0 Å². The largest absolute Gasteiger partial charge is 0.497 e. The second-order valence-corrected chi connectivity index (χ2v) is 13.1. The topological polar surface area (TPSA) is 199 Å². The predicted molar refractivity (Wildman–Crippen MR) is 202 cm³/mol. The van der Waals surface area contributed by atoms with Crippen LogP contribution in [0.3, 0.4) is 0 Å². The minimum Gasteiger partial charge on any atom is -0.497 e. The molecule has 17 heteroatoms. The molecule has 16 nitrogen and oxygen atoms in total. The SMILES string of the molecule is COCC(C)(C)C(=O)OCOc1nc(C(Cc2ccc(C(=N)NC(=O)c3ccccc3)cc2)c2cc(OC)cc(OCCOC(C)=O)c2F)nn1-c1ncccn1. The number of hydrogen-bond acceptors (Lipinski definition) is 14. The zero-order valence-corrected chi connectivity index (χ0v) is 32.0. The number of rotatable bonds is 18. The van der Waals surface area contributed by atoms with Crippen LogP contribution < -0.4 is 19.5 Å². The van der Waals surface area contributed by atoms with Gasteiger partial charge < -0.3 is 33.7 Å². The van der Waals surface area contributed by atoms with Crippen LogP contribution in [0.25, 0.3) is 5.95 Å². The average molecular weight is 784 g/mol. The summed E-state index contributed by atoms with van der Waals surface area (Å²) in [5, 5.41) is 15.8. The van der Waals surface area contributed by atoms with E-state index >= 15 is 4.39 Å². The van der Waals surface area contributed by atoms with Crippen LogP contribution in [-0.4, -0.2) is 89.2 Å². The van der Waals surface area contributed by atoms with Crippen LogP contribution >= 0.6 is 0 Å². The fourth-order valence-corrected chi connectivity index (χ4v) is 5.47. The van der Waals surface area contributed by atoms with Crippen molar-refractivity contribution in [1.82, 2.24) is 30.0 Å². The van der Waals surface area contributed by atoms with E-state index in [1.165, 1.54) is 50.4 Å². The number of amidine groups is 1. The molecule has 2 N–H and O–H groups in total. The fourth-order valence-electron chi connectivity index (χ4n) is 5.47. The van der Waals surface area contributed by atoms with Crippen molar-refractivity contribution in [3.63, 3.8) is 0 Å². The first-order valence-corrected chi connectivity index (χ1v) is 17.6. The van der Waals surface area contributed by atoms with Crippen molar-refractivity contribution in [1.29, 1.82) is 5.41 Å². The monoisotopic (exact) mass is 783 g/mol. The molecule has 0 aliphatic heterocycles. The first kappa shape index (κ1) is 41.4. The highest BCUT2D eigenvalue weighted by molar-refractivity contribution is 6.11. The van der Waals surface area contributed by atoms with Crippen LogP contribution in [0.2, 0.25) is 0 Å². The van der Waals surface area contributed by atoms with Gasteiger partial charge in [-0.3, -0.25) is 19.8 Å². The Morgan fingerprint density at radius 3 is 2.30 bits per heavy atom. The number of aromatic nitrogens is 5. The molecular weight excluding hydrogens is 741 g/mol. The minimum absolute atomic E-state index is 0.0634. The lowest BCUT2D eigenvalue weighted by Gasteiger charge is -2.21. The maximum atomic E-state index is 16.6. The molecule has 0 saturated carbocycles. The van der Waals surface area contributed by atoms with Crippen molar-refractivity contribution < 1.29 is 47.2 Å². The predicted octanol–water partition coefficient (Wildman–Crippen LogP) is 4.83. The molecule has 0 spiro atoms. The van der Waals surface area contributed by atoms with Crippen LogP contribution in [0, 0.1) is 16.6 Å². The lowest BCUT2D eigenvalue weighted by Crippen LogP contribution is -2.32. The standard InChI is InChI=1S/C40H42FN7O9/c1-25(49)54-18-19-55-32-22-29(53-5)21-30(33(32)41)31(20-26-12-14-27(15-13-26)34(42)45-36(50)28-10-7-6-8-11-28)35-46-39(48(47-35)38-43-16-9-17-44-38)57-24-56-37(51)40(2,3)23-52-4/h6-17,21-22,31H,18-20,23-24H2,1-5H3,(H2,42,45,50). The van der Waals surface area contributed by atoms with Gasteiger partial charge in [0.15, 0.2) is 17.4 Å². The number of carbonyl (C=O) groups excluding carboxylic acids is 3. The zero-order chi connectivity index (χ0) is 41.0. The number of amides is 1. The van der Waals surface area contributed by atoms with Crippen LogP contribution in [0.15, 0.2) is 85.2 Å². The van der Waals surface area contributed by atoms with E-state index in [9.17, 15) is 14.4 Å². The molecule has 298 valence electrons. The summed E-state index contributed by atoms with van der Waals surface area (Å²) in [4.78, 5) is 49.9. The molecule has 1 atom stereocenters. The van der Waals surface area contributed by atoms with Crippen molar-refractivity contribution in [2.24, 2.45) is 5.41 Å². The molecule has 0 aliphatic rings. The summed E-state index contributed by atoms with van der Waals surface area (Å²) in [6.07, 6.45) is 3.07. The molecule has 57 heavy (non-hydrogen) atoms. The average Bonchev–Trinajstić information content (AvgIpc) is 3.63. The Morgan fingerprint density at radius 2 is 1.63 bits per heavy atom. The Hall–Kier alpha value is -6.75. The molecule has 5 aromatic rings. The van der Waals surface area contributed by atoms with E-state index in [2.05, 4.69) is 25.4 Å². The third kappa shape index (κ3) is 10.9. The summed E-state index contributed by atoms with van der Waals surface area (Å²) in [6, 6.07) is 19.6. The van der Waals surface area contributed by atoms with E-state index < -0.39 is 41.8 Å². The van der Waals surface area contributed by atoms with Gasteiger partial charge in [-0.25, -0.2) is 14.4 Å². The highest BCUT2D eigenvalue weighted by Crippen LogP contribution is 2.37. The number of halogens is 1. The third-order valence-corrected chi connectivity index (χ3v) is 8.34. The van der Waals surface area contributed by atoms with Crippen molar-refractivity contribution in [3.05, 3.63) is 119 Å². The van der Waals surface area contributed by atoms with Crippen molar-refractivity contribution in [2.75, 3.05) is 40.8 Å². The zero-order valence-electron chi connectivity index (χ0n) is 32.0. The number of esters is 2. The molecule has 3 aromatic carbocycles. The van der Waals surface area contributed by atoms with Gasteiger partial charge in [0.1, 0.15) is 24.8 Å². The molecule has 0 aliphatic carbocycles. The molecule has 1 amide bonds. The number of nitrogens with one attached hydrogen (secondary N) is 2. The Kier molecular flexibility index (Phi) is 14.0. The minimum atomic E-state index is -0.964. The summed E-state index contributed by atoms with van der Waals surface area (Å²) in [5.74, 6) is -3.13. The van der Waals surface area contributed by atoms with Crippen LogP contribution in [0.4, 0.5) is 4.39 Å². The quantitative estimate of drug-likeness (QED) is 0.0403. The summed E-state index contributed by atoms with van der Waals surface area (Å²) in [7, 11) is 2.89. The van der Waals surface area contributed by atoms with Crippen LogP contribution in [0.5, 0.6) is 17.5 Å². The molecule has 0 bridgehead atoms. The van der Waals surface area contributed by atoms with Crippen molar-refractivity contribution in [2.45, 2.75) is 33.1 Å². The number of nitrogens with zero attached hydrogens (tertiary/aromatic N) is 5. The Balaban J connectivity index is 1.51. The first-order valence-electron chi connectivity index (χ1n) is 17.6. The summed E-state index contributed by atoms with van der Waals surface area (Å²) in [6.45, 7) is 3.88. The molecule has 0 saturated heterocycles. The molecule has 0 radical (unpaired) electrons. The maximum Gasteiger partial charge on any atom is 0.325 e. The highest BCUT2D eigenvalue weighted by atomic mass is 19.1. The molecule has 2 heterocycles. The Bertz CT molecular complexity index is 2170.